The van der Waals surface area contributed by atoms with Crippen molar-refractivity contribution in [3.63, 3.8) is 0 Å². The predicted molar refractivity (Wildman–Crippen MR) is 216 cm³/mol. The number of aliphatic hydroxyl groups is 1. The van der Waals surface area contributed by atoms with Crippen molar-refractivity contribution in [1.82, 2.24) is 19.7 Å². The Kier molecular flexibility index (Phi) is 17.7. The lowest BCUT2D eigenvalue weighted by Crippen LogP contribution is -2.54. The molecule has 0 radical (unpaired) electrons. The molecule has 2 amide bonds. The molecule has 3 rings (SSSR count). The SMILES string of the molecule is CC[C@H](C)C([C@@H](CC(=O)N1CCC[C@H]1[C@H](CO)[C@@H](C)C(=O)CCCc1cccc2ccncc12)OC)N(C)C(=O)[C@@H](CC(=O)[C@H](C(C)C)N(C)C)C(C)C. The molecule has 10 heteroatoms. The Morgan fingerprint density at radius 2 is 1.69 bits per heavy atom. The summed E-state index contributed by atoms with van der Waals surface area (Å²) in [7, 11) is 7.18. The normalized spacial score (nSPS) is 18.8. The first-order chi connectivity index (χ1) is 25.6. The van der Waals surface area contributed by atoms with Gasteiger partial charge in [-0.05, 0) is 74.5 Å². The van der Waals surface area contributed by atoms with Crippen molar-refractivity contribution < 1.29 is 29.0 Å². The van der Waals surface area contributed by atoms with Gasteiger partial charge in [0.2, 0.25) is 11.8 Å². The Morgan fingerprint density at radius 3 is 2.28 bits per heavy atom. The second-order valence-electron chi connectivity index (χ2n) is 16.7. The monoisotopic (exact) mass is 751 g/mol. The average molecular weight is 751 g/mol. The minimum atomic E-state index is -0.577. The number of benzene rings is 1. The van der Waals surface area contributed by atoms with Crippen LogP contribution in [0.4, 0.5) is 0 Å². The molecule has 1 saturated heterocycles. The Bertz CT molecular complexity index is 1510. The van der Waals surface area contributed by atoms with Crippen LogP contribution in [0.25, 0.3) is 10.8 Å². The molecular formula is C44H70N4O6. The average Bonchev–Trinajstić information content (AvgIpc) is 3.62. The number of methoxy groups -OCH3 is 1. The molecule has 2 aromatic rings. The number of carbonyl (C=O) groups excluding carboxylic acids is 4. The number of rotatable bonds is 22. The van der Waals surface area contributed by atoms with Crippen molar-refractivity contribution in [3.8, 4) is 0 Å². The minimum absolute atomic E-state index is 0.0211. The number of amides is 2. The number of nitrogens with zero attached hydrogens (tertiary/aromatic N) is 4. The van der Waals surface area contributed by atoms with Gasteiger partial charge in [-0.1, -0.05) is 73.1 Å². The maximum absolute atomic E-state index is 14.3. The summed E-state index contributed by atoms with van der Waals surface area (Å²) < 4.78 is 6.05. The quantitative estimate of drug-likeness (QED) is 0.146. The third-order valence-corrected chi connectivity index (χ3v) is 12.3. The second-order valence-corrected chi connectivity index (χ2v) is 16.7. The molecule has 1 aliphatic rings. The van der Waals surface area contributed by atoms with Crippen LogP contribution in [-0.4, -0.2) is 114 Å². The Morgan fingerprint density at radius 1 is 0.981 bits per heavy atom. The molecular weight excluding hydrogens is 681 g/mol. The molecule has 1 unspecified atom stereocenters. The molecule has 10 nitrogen and oxygen atoms in total. The molecule has 1 N–H and O–H groups in total. The molecule has 0 saturated carbocycles. The zero-order valence-corrected chi connectivity index (χ0v) is 35.1. The van der Waals surface area contributed by atoms with E-state index in [0.29, 0.717) is 19.4 Å². The van der Waals surface area contributed by atoms with Crippen LogP contribution in [0.3, 0.4) is 0 Å². The van der Waals surface area contributed by atoms with E-state index >= 15 is 0 Å². The topological polar surface area (TPSA) is 120 Å². The van der Waals surface area contributed by atoms with E-state index < -0.39 is 24.0 Å². The van der Waals surface area contributed by atoms with Crippen LogP contribution >= 0.6 is 0 Å². The third-order valence-electron chi connectivity index (χ3n) is 12.3. The summed E-state index contributed by atoms with van der Waals surface area (Å²) >= 11 is 0. The van der Waals surface area contributed by atoms with Gasteiger partial charge in [0.05, 0.1) is 24.6 Å². The van der Waals surface area contributed by atoms with E-state index in [0.717, 1.165) is 36.5 Å². The number of pyridine rings is 1. The Labute approximate surface area is 325 Å². The molecule has 1 fully saturated rings. The van der Waals surface area contributed by atoms with Crippen LogP contribution in [0.2, 0.25) is 0 Å². The Hall–Kier alpha value is -3.21. The highest BCUT2D eigenvalue weighted by atomic mass is 16.5. The molecule has 1 aromatic carbocycles. The van der Waals surface area contributed by atoms with Crippen LogP contribution < -0.4 is 0 Å². The predicted octanol–water partition coefficient (Wildman–Crippen LogP) is 6.46. The first-order valence-corrected chi connectivity index (χ1v) is 20.3. The molecule has 1 aromatic heterocycles. The fourth-order valence-corrected chi connectivity index (χ4v) is 8.96. The van der Waals surface area contributed by atoms with E-state index in [9.17, 15) is 24.3 Å². The van der Waals surface area contributed by atoms with Crippen LogP contribution in [0.15, 0.2) is 36.7 Å². The number of hydrogen-bond acceptors (Lipinski definition) is 8. The first kappa shape index (κ1) is 45.2. The van der Waals surface area contributed by atoms with Gasteiger partial charge in [-0.25, -0.2) is 0 Å². The van der Waals surface area contributed by atoms with Gasteiger partial charge in [-0.3, -0.25) is 29.1 Å². The van der Waals surface area contributed by atoms with Gasteiger partial charge in [0.15, 0.2) is 5.78 Å². The smallest absolute Gasteiger partial charge is 0.226 e. The standard InChI is InChI=1S/C44H70N4O6/c1-12-30(6)43(47(10)44(53)34(28(2)3)24-39(51)42(29(4)5)46(8)9)40(54-11)25-41(52)48-23-15-19-37(48)36(27-49)31(7)38(50)20-14-18-32-16-13-17-33-21-22-45-26-35(32)33/h13,16-17,21-22,26,28-31,34,36-37,40,42-43,49H,12,14-15,18-20,23-25,27H2,1-11H3/t30-,31+,34-,36+,37-,40+,42-,43?/m0/s1. The van der Waals surface area contributed by atoms with E-state index in [1.807, 2.05) is 76.8 Å². The van der Waals surface area contributed by atoms with Gasteiger partial charge in [-0.2, -0.15) is 0 Å². The van der Waals surface area contributed by atoms with E-state index in [4.69, 9.17) is 4.74 Å². The van der Waals surface area contributed by atoms with Crippen molar-refractivity contribution >= 4 is 34.2 Å². The maximum atomic E-state index is 14.3. The number of carbonyl (C=O) groups is 4. The van der Waals surface area contributed by atoms with Crippen LogP contribution in [0.1, 0.15) is 99.0 Å². The molecule has 2 heterocycles. The van der Waals surface area contributed by atoms with Gasteiger partial charge in [0, 0.05) is 81.7 Å². The molecule has 302 valence electrons. The van der Waals surface area contributed by atoms with E-state index in [2.05, 4.69) is 31.0 Å². The van der Waals surface area contributed by atoms with Crippen molar-refractivity contribution in [2.45, 2.75) is 124 Å². The molecule has 0 spiro atoms. The van der Waals surface area contributed by atoms with Crippen LogP contribution in [-0.2, 0) is 30.3 Å². The maximum Gasteiger partial charge on any atom is 0.226 e. The summed E-state index contributed by atoms with van der Waals surface area (Å²) in [6, 6.07) is 7.24. The number of fused-ring (bicyclic) bond motifs is 1. The molecule has 8 atom stereocenters. The summed E-state index contributed by atoms with van der Waals surface area (Å²) in [5, 5.41) is 12.9. The zero-order chi connectivity index (χ0) is 40.3. The van der Waals surface area contributed by atoms with Gasteiger partial charge in [-0.15, -0.1) is 0 Å². The van der Waals surface area contributed by atoms with E-state index in [1.165, 1.54) is 5.56 Å². The number of aromatic nitrogens is 1. The van der Waals surface area contributed by atoms with Gasteiger partial charge >= 0.3 is 0 Å². The molecule has 1 aliphatic heterocycles. The molecule has 54 heavy (non-hydrogen) atoms. The summed E-state index contributed by atoms with van der Waals surface area (Å²) in [6.45, 7) is 14.4. The number of likely N-dealkylation sites (N-methyl/N-ethyl adjacent to an activating group) is 2. The summed E-state index contributed by atoms with van der Waals surface area (Å²) in [6.07, 6.45) is 7.44. The number of ketones is 2. The zero-order valence-electron chi connectivity index (χ0n) is 35.1. The Balaban J connectivity index is 1.73. The number of likely N-dealkylation sites (tertiary alicyclic amines) is 1. The summed E-state index contributed by atoms with van der Waals surface area (Å²) in [5.74, 6) is -1.24. The lowest BCUT2D eigenvalue weighted by Gasteiger charge is -2.41. The van der Waals surface area contributed by atoms with Crippen molar-refractivity contribution in [2.24, 2.45) is 35.5 Å². The number of ether oxygens (including phenoxy) is 1. The van der Waals surface area contributed by atoms with E-state index in [1.54, 1.807) is 25.3 Å². The van der Waals surface area contributed by atoms with Crippen LogP contribution in [0.5, 0.6) is 0 Å². The highest BCUT2D eigenvalue weighted by molar-refractivity contribution is 5.90. The number of Topliss-reactive ketones (excluding diaryl/α,β-unsaturated/α-hetero) is 2. The molecule has 0 aliphatic carbocycles. The second kappa shape index (κ2) is 21.2. The minimum Gasteiger partial charge on any atom is -0.396 e. The van der Waals surface area contributed by atoms with Gasteiger partial charge < -0.3 is 19.6 Å². The highest BCUT2D eigenvalue weighted by Gasteiger charge is 2.42. The van der Waals surface area contributed by atoms with Crippen molar-refractivity contribution in [1.29, 1.82) is 0 Å². The van der Waals surface area contributed by atoms with Gasteiger partial charge in [0.1, 0.15) is 5.78 Å². The lowest BCUT2D eigenvalue weighted by molar-refractivity contribution is -0.148. The third kappa shape index (κ3) is 11.2. The number of hydrogen-bond donors (Lipinski definition) is 1. The van der Waals surface area contributed by atoms with Gasteiger partial charge in [0.25, 0.3) is 0 Å². The number of aryl methyl sites for hydroxylation is 1. The summed E-state index contributed by atoms with van der Waals surface area (Å²) in [4.78, 5) is 65.4. The van der Waals surface area contributed by atoms with E-state index in [-0.39, 0.29) is 78.6 Å². The number of aliphatic hydroxyl groups excluding tert-OH is 1. The molecule has 0 bridgehead atoms. The van der Waals surface area contributed by atoms with Crippen molar-refractivity contribution in [3.05, 3.63) is 42.2 Å². The summed E-state index contributed by atoms with van der Waals surface area (Å²) in [5.41, 5.74) is 1.17. The fraction of sp³-hybridized carbons (Fsp3) is 0.705. The largest absolute Gasteiger partial charge is 0.396 e. The first-order valence-electron chi connectivity index (χ1n) is 20.3. The highest BCUT2D eigenvalue weighted by Crippen LogP contribution is 2.33. The fourth-order valence-electron chi connectivity index (χ4n) is 8.96. The van der Waals surface area contributed by atoms with Crippen LogP contribution in [0, 0.1) is 35.5 Å². The lowest BCUT2D eigenvalue weighted by atomic mass is 9.82. The van der Waals surface area contributed by atoms with Crippen molar-refractivity contribution in [2.75, 3.05) is 41.4 Å².